The molecule has 0 aliphatic heterocycles. The van der Waals surface area contributed by atoms with Crippen LogP contribution in [0.2, 0.25) is 0 Å². The van der Waals surface area contributed by atoms with Gasteiger partial charge in [0.2, 0.25) is 0 Å². The zero-order valence-corrected chi connectivity index (χ0v) is 13.6. The van der Waals surface area contributed by atoms with E-state index in [1.165, 1.54) is 14.2 Å². The Morgan fingerprint density at radius 2 is 1.24 bits per heavy atom. The summed E-state index contributed by atoms with van der Waals surface area (Å²) in [6.07, 6.45) is 0.879. The van der Waals surface area contributed by atoms with Crippen LogP contribution < -0.4 is 0 Å². The molecule has 0 N–H and O–H groups in total. The molecule has 100 valence electrons. The van der Waals surface area contributed by atoms with Crippen molar-refractivity contribution in [2.75, 3.05) is 25.7 Å². The highest BCUT2D eigenvalue weighted by atomic mass is 33.8. The first-order chi connectivity index (χ1) is 8.20. The number of carbonyl (C=O) groups excluding carboxylic acids is 2. The highest BCUT2D eigenvalue weighted by molar-refractivity contribution is 9.35. The van der Waals surface area contributed by atoms with Crippen LogP contribution in [-0.2, 0) is 19.1 Å². The van der Waals surface area contributed by atoms with E-state index in [0.29, 0.717) is 12.8 Å². The average molecular weight is 335 g/mol. The topological polar surface area (TPSA) is 52.6 Å². The molecule has 0 fully saturated rings. The monoisotopic (exact) mass is 334 g/mol. The van der Waals surface area contributed by atoms with Crippen molar-refractivity contribution in [1.82, 2.24) is 0 Å². The van der Waals surface area contributed by atoms with Crippen LogP contribution >= 0.6 is 51.1 Å². The minimum Gasteiger partial charge on any atom is -0.469 e. The van der Waals surface area contributed by atoms with E-state index in [-0.39, 0.29) is 11.9 Å². The first kappa shape index (κ1) is 17.7. The fourth-order valence-electron chi connectivity index (χ4n) is 0.573. The molecule has 0 bridgehead atoms. The number of hydrogen-bond acceptors (Lipinski definition) is 9. The number of carbonyl (C=O) groups is 2. The third kappa shape index (κ3) is 12.9. The van der Waals surface area contributed by atoms with Gasteiger partial charge in [-0.3, -0.25) is 9.59 Å². The van der Waals surface area contributed by atoms with Gasteiger partial charge in [-0.15, -0.1) is 0 Å². The third-order valence-electron chi connectivity index (χ3n) is 1.39. The van der Waals surface area contributed by atoms with Crippen molar-refractivity contribution < 1.29 is 19.1 Å². The van der Waals surface area contributed by atoms with Crippen LogP contribution in [0.5, 0.6) is 0 Å². The van der Waals surface area contributed by atoms with Gasteiger partial charge >= 0.3 is 11.9 Å². The van der Waals surface area contributed by atoms with Crippen molar-refractivity contribution in [3.63, 3.8) is 0 Å². The Morgan fingerprint density at radius 3 is 1.59 bits per heavy atom. The van der Waals surface area contributed by atoms with E-state index in [0.717, 1.165) is 11.5 Å². The highest BCUT2D eigenvalue weighted by Gasteiger charge is 2.02. The molecule has 9 heteroatoms. The second kappa shape index (κ2) is 13.1. The SMILES string of the molecule is COC(=O)CCSSSSSCCC(=O)OC. The third-order valence-corrected chi connectivity index (χ3v) is 10.1. The standard InChI is InChI=1S/C8H14O4S5/c1-11-7(9)3-5-13-15-17-16-14-6-4-8(10)12-2/h3-6H2,1-2H3. The molecule has 0 aliphatic carbocycles. The molecule has 0 saturated heterocycles. The first-order valence-corrected chi connectivity index (χ1v) is 11.1. The lowest BCUT2D eigenvalue weighted by molar-refractivity contribution is -0.140. The van der Waals surface area contributed by atoms with Gasteiger partial charge in [-0.1, -0.05) is 21.6 Å². The maximum Gasteiger partial charge on any atom is 0.306 e. The predicted molar refractivity (Wildman–Crippen MR) is 81.0 cm³/mol. The predicted octanol–water partition coefficient (Wildman–Crippen LogP) is 3.44. The van der Waals surface area contributed by atoms with Crippen molar-refractivity contribution >= 4 is 63.0 Å². The van der Waals surface area contributed by atoms with E-state index < -0.39 is 0 Å². The molecule has 4 nitrogen and oxygen atoms in total. The van der Waals surface area contributed by atoms with Crippen molar-refractivity contribution in [3.05, 3.63) is 0 Å². The van der Waals surface area contributed by atoms with Gasteiger partial charge in [-0.05, 0) is 29.5 Å². The minimum atomic E-state index is -0.178. The summed E-state index contributed by atoms with van der Waals surface area (Å²) in [7, 11) is 10.9. The summed E-state index contributed by atoms with van der Waals surface area (Å²) in [6, 6.07) is 0. The van der Waals surface area contributed by atoms with E-state index in [4.69, 9.17) is 0 Å². The van der Waals surface area contributed by atoms with Gasteiger partial charge in [0.15, 0.2) is 0 Å². The van der Waals surface area contributed by atoms with Crippen LogP contribution in [-0.4, -0.2) is 37.7 Å². The fourth-order valence-corrected chi connectivity index (χ4v) is 9.23. The molecule has 0 radical (unpaired) electrons. The molecule has 0 aromatic rings. The van der Waals surface area contributed by atoms with Gasteiger partial charge in [0.1, 0.15) is 0 Å². The largest absolute Gasteiger partial charge is 0.469 e. The normalized spacial score (nSPS) is 10.0. The zero-order chi connectivity index (χ0) is 12.9. The second-order valence-corrected chi connectivity index (χ2v) is 10.5. The fraction of sp³-hybridized carbons (Fsp3) is 0.750. The molecule has 0 rings (SSSR count). The van der Waals surface area contributed by atoms with Gasteiger partial charge in [0, 0.05) is 11.5 Å². The van der Waals surface area contributed by atoms with Crippen LogP contribution in [0.1, 0.15) is 12.8 Å². The van der Waals surface area contributed by atoms with Gasteiger partial charge in [-0.2, -0.15) is 0 Å². The summed E-state index contributed by atoms with van der Waals surface area (Å²) in [4.78, 5) is 21.5. The molecular weight excluding hydrogens is 320 g/mol. The summed E-state index contributed by atoms with van der Waals surface area (Å²) >= 11 is 0. The van der Waals surface area contributed by atoms with Gasteiger partial charge in [-0.25, -0.2) is 0 Å². The molecule has 0 aromatic heterocycles. The van der Waals surface area contributed by atoms with Crippen LogP contribution in [0.25, 0.3) is 0 Å². The van der Waals surface area contributed by atoms with Crippen LogP contribution in [0, 0.1) is 0 Å². The highest BCUT2D eigenvalue weighted by Crippen LogP contribution is 2.48. The molecule has 0 spiro atoms. The number of methoxy groups -OCH3 is 2. The number of hydrogen-bond donors (Lipinski definition) is 0. The number of esters is 2. The van der Waals surface area contributed by atoms with E-state index in [2.05, 4.69) is 9.47 Å². The molecule has 0 unspecified atom stereocenters. The Balaban J connectivity index is 3.08. The van der Waals surface area contributed by atoms with Crippen molar-refractivity contribution in [3.8, 4) is 0 Å². The Morgan fingerprint density at radius 1 is 0.824 bits per heavy atom. The summed E-state index contributed by atoms with van der Waals surface area (Å²) in [6.45, 7) is 0. The molecule has 0 aromatic carbocycles. The summed E-state index contributed by atoms with van der Waals surface area (Å²) in [5, 5.41) is 0. The second-order valence-electron chi connectivity index (χ2n) is 2.50. The number of rotatable bonds is 10. The quantitative estimate of drug-likeness (QED) is 0.339. The molecule has 0 aliphatic rings. The van der Waals surface area contributed by atoms with Gasteiger partial charge in [0.25, 0.3) is 0 Å². The summed E-state index contributed by atoms with van der Waals surface area (Å²) in [5.41, 5.74) is 0. The van der Waals surface area contributed by atoms with Crippen molar-refractivity contribution in [2.24, 2.45) is 0 Å². The van der Waals surface area contributed by atoms with Crippen LogP contribution in [0.15, 0.2) is 0 Å². The van der Waals surface area contributed by atoms with Crippen molar-refractivity contribution in [2.45, 2.75) is 12.8 Å². The molecule has 0 amide bonds. The van der Waals surface area contributed by atoms with Crippen LogP contribution in [0.4, 0.5) is 0 Å². The number of ether oxygens (including phenoxy) is 2. The minimum absolute atomic E-state index is 0.178. The Bertz CT molecular complexity index is 204. The maximum absolute atomic E-state index is 10.8. The molecule has 0 atom stereocenters. The molecule has 17 heavy (non-hydrogen) atoms. The zero-order valence-electron chi connectivity index (χ0n) is 9.50. The lowest BCUT2D eigenvalue weighted by atomic mass is 10.5. The Labute approximate surface area is 120 Å². The van der Waals surface area contributed by atoms with E-state index >= 15 is 0 Å². The maximum atomic E-state index is 10.8. The Hall–Kier alpha value is 0.690. The lowest BCUT2D eigenvalue weighted by Crippen LogP contribution is -2.00. The average Bonchev–Trinajstić information content (AvgIpc) is 2.35. The van der Waals surface area contributed by atoms with Gasteiger partial charge < -0.3 is 9.47 Å². The molecule has 0 saturated carbocycles. The van der Waals surface area contributed by atoms with Gasteiger partial charge in [0.05, 0.1) is 27.1 Å². The summed E-state index contributed by atoms with van der Waals surface area (Å²) < 4.78 is 9.04. The van der Waals surface area contributed by atoms with E-state index in [1.807, 2.05) is 0 Å². The molecular formula is C8H14O4S5. The first-order valence-electron chi connectivity index (χ1n) is 4.58. The lowest BCUT2D eigenvalue weighted by Gasteiger charge is -2.00. The molecule has 0 heterocycles. The Kier molecular flexibility index (Phi) is 13.7. The van der Waals surface area contributed by atoms with E-state index in [9.17, 15) is 9.59 Å². The van der Waals surface area contributed by atoms with Crippen molar-refractivity contribution in [1.29, 1.82) is 0 Å². The summed E-state index contributed by atoms with van der Waals surface area (Å²) in [5.74, 6) is 1.14. The smallest absolute Gasteiger partial charge is 0.306 e. The van der Waals surface area contributed by atoms with Crippen LogP contribution in [0.3, 0.4) is 0 Å². The van der Waals surface area contributed by atoms with E-state index in [1.54, 1.807) is 51.1 Å².